The number of amides is 2. The third-order valence-electron chi connectivity index (χ3n) is 5.19. The fourth-order valence-corrected chi connectivity index (χ4v) is 4.32. The molecule has 0 bridgehead atoms. The van der Waals surface area contributed by atoms with Crippen LogP contribution in [0.4, 0.5) is 0 Å². The molecule has 136 valence electrons. The number of hydrogen-bond acceptors (Lipinski definition) is 5. The van der Waals surface area contributed by atoms with Crippen molar-refractivity contribution >= 4 is 11.8 Å². The van der Waals surface area contributed by atoms with Crippen molar-refractivity contribution in [2.24, 2.45) is 0 Å². The van der Waals surface area contributed by atoms with Gasteiger partial charge < -0.3 is 15.0 Å². The number of aryl methyl sites for hydroxylation is 1. The van der Waals surface area contributed by atoms with E-state index in [9.17, 15) is 9.59 Å². The lowest BCUT2D eigenvalue weighted by molar-refractivity contribution is -0.126. The molecule has 3 heterocycles. The lowest BCUT2D eigenvalue weighted by Gasteiger charge is -2.38. The summed E-state index contributed by atoms with van der Waals surface area (Å²) in [6.07, 6.45) is 5.53. The molecule has 25 heavy (non-hydrogen) atoms. The molecule has 3 rings (SSSR count). The molecule has 2 fully saturated rings. The number of ether oxygens (including phenoxy) is 1. The van der Waals surface area contributed by atoms with E-state index in [0.29, 0.717) is 24.4 Å². The van der Waals surface area contributed by atoms with Crippen molar-refractivity contribution < 1.29 is 14.3 Å². The van der Waals surface area contributed by atoms with Gasteiger partial charge in [-0.25, -0.2) is 4.98 Å². The zero-order chi connectivity index (χ0) is 18.2. The van der Waals surface area contributed by atoms with Gasteiger partial charge in [0.05, 0.1) is 35.6 Å². The second kappa shape index (κ2) is 6.37. The Balaban J connectivity index is 1.94. The van der Waals surface area contributed by atoms with Gasteiger partial charge in [0.1, 0.15) is 5.69 Å². The van der Waals surface area contributed by atoms with E-state index >= 15 is 0 Å². The van der Waals surface area contributed by atoms with Gasteiger partial charge in [0.15, 0.2) is 0 Å². The van der Waals surface area contributed by atoms with E-state index in [1.54, 1.807) is 13.2 Å². The molecule has 2 atom stereocenters. The van der Waals surface area contributed by atoms with Gasteiger partial charge >= 0.3 is 0 Å². The van der Waals surface area contributed by atoms with Gasteiger partial charge in [-0.15, -0.1) is 0 Å². The molecular weight excluding hydrogens is 320 g/mol. The monoisotopic (exact) mass is 346 g/mol. The number of carbonyl (C=O) groups excluding carboxylic acids is 2. The molecule has 0 radical (unpaired) electrons. The predicted molar refractivity (Wildman–Crippen MR) is 92.0 cm³/mol. The Morgan fingerprint density at radius 1 is 1.40 bits per heavy atom. The van der Waals surface area contributed by atoms with Crippen LogP contribution in [0.15, 0.2) is 12.4 Å². The maximum absolute atomic E-state index is 13.1. The summed E-state index contributed by atoms with van der Waals surface area (Å²) in [6.45, 7) is 6.51. The van der Waals surface area contributed by atoms with Crippen LogP contribution in [0.5, 0.6) is 0 Å². The Bertz CT molecular complexity index is 691. The maximum Gasteiger partial charge on any atom is 0.274 e. The van der Waals surface area contributed by atoms with E-state index in [1.165, 1.54) is 6.20 Å². The largest absolute Gasteiger partial charge is 0.369 e. The van der Waals surface area contributed by atoms with Gasteiger partial charge in [0, 0.05) is 26.2 Å². The fourth-order valence-electron chi connectivity index (χ4n) is 4.32. The predicted octanol–water partition coefficient (Wildman–Crippen LogP) is 1.46. The quantitative estimate of drug-likeness (QED) is 0.896. The van der Waals surface area contributed by atoms with Gasteiger partial charge in [0.25, 0.3) is 5.91 Å². The van der Waals surface area contributed by atoms with Gasteiger partial charge in [0.2, 0.25) is 5.91 Å². The first-order valence-electron chi connectivity index (χ1n) is 8.76. The van der Waals surface area contributed by atoms with Crippen LogP contribution in [-0.2, 0) is 9.53 Å². The van der Waals surface area contributed by atoms with Crippen LogP contribution in [0.2, 0.25) is 0 Å². The zero-order valence-electron chi connectivity index (χ0n) is 15.3. The molecule has 0 aromatic carbocycles. The molecule has 2 aliphatic rings. The highest BCUT2D eigenvalue weighted by Crippen LogP contribution is 2.49. The Kier molecular flexibility index (Phi) is 4.53. The Hall–Kier alpha value is -2.02. The standard InChI is InChI=1S/C18H26N4O3/c1-12-9-20-10-13(21-12)16(24)22-7-5-6-18(22)11-17(2,3)25-14(18)8-15(23)19-4/h9-10,14H,5-8,11H2,1-4H3,(H,19,23)/t14-,18+/m0/s1. The average molecular weight is 346 g/mol. The van der Waals surface area contributed by atoms with Crippen molar-refractivity contribution in [3.8, 4) is 0 Å². The van der Waals surface area contributed by atoms with Crippen molar-refractivity contribution in [3.63, 3.8) is 0 Å². The first-order chi connectivity index (χ1) is 11.8. The summed E-state index contributed by atoms with van der Waals surface area (Å²) >= 11 is 0. The lowest BCUT2D eigenvalue weighted by Crippen LogP contribution is -2.54. The van der Waals surface area contributed by atoms with Crippen LogP contribution in [0.3, 0.4) is 0 Å². The van der Waals surface area contributed by atoms with Crippen molar-refractivity contribution in [1.29, 1.82) is 0 Å². The average Bonchev–Trinajstić information content (AvgIpc) is 3.07. The molecule has 0 aliphatic carbocycles. The molecule has 7 heteroatoms. The summed E-state index contributed by atoms with van der Waals surface area (Å²) in [6, 6.07) is 0. The summed E-state index contributed by atoms with van der Waals surface area (Å²) in [5.74, 6) is -0.200. The molecule has 1 aromatic heterocycles. The molecule has 2 aliphatic heterocycles. The van der Waals surface area contributed by atoms with Crippen LogP contribution in [0.25, 0.3) is 0 Å². The molecule has 1 aromatic rings. The highest BCUT2D eigenvalue weighted by atomic mass is 16.5. The molecule has 7 nitrogen and oxygen atoms in total. The van der Waals surface area contributed by atoms with E-state index in [0.717, 1.165) is 12.8 Å². The number of hydrogen-bond donors (Lipinski definition) is 1. The molecule has 0 unspecified atom stereocenters. The summed E-state index contributed by atoms with van der Waals surface area (Å²) in [7, 11) is 1.62. The summed E-state index contributed by atoms with van der Waals surface area (Å²) in [5.41, 5.74) is 0.229. The van der Waals surface area contributed by atoms with Gasteiger partial charge in [-0.2, -0.15) is 0 Å². The van der Waals surface area contributed by atoms with Crippen LogP contribution < -0.4 is 5.32 Å². The first kappa shape index (κ1) is 17.8. The van der Waals surface area contributed by atoms with E-state index in [2.05, 4.69) is 15.3 Å². The first-order valence-corrected chi connectivity index (χ1v) is 8.76. The number of aromatic nitrogens is 2. The van der Waals surface area contributed by atoms with E-state index in [-0.39, 0.29) is 29.9 Å². The summed E-state index contributed by atoms with van der Waals surface area (Å²) in [5, 5.41) is 2.66. The second-order valence-corrected chi connectivity index (χ2v) is 7.63. The number of carbonyl (C=O) groups is 2. The molecular formula is C18H26N4O3. The van der Waals surface area contributed by atoms with Crippen LogP contribution in [0, 0.1) is 6.92 Å². The van der Waals surface area contributed by atoms with Gasteiger partial charge in [-0.05, 0) is 33.6 Å². The van der Waals surface area contributed by atoms with Crippen LogP contribution >= 0.6 is 0 Å². The van der Waals surface area contributed by atoms with Crippen molar-refractivity contribution in [1.82, 2.24) is 20.2 Å². The highest BCUT2D eigenvalue weighted by molar-refractivity contribution is 5.93. The third kappa shape index (κ3) is 3.25. The molecule has 1 spiro atoms. The minimum absolute atomic E-state index is 0.0725. The molecule has 2 amide bonds. The van der Waals surface area contributed by atoms with Crippen molar-refractivity contribution in [3.05, 3.63) is 23.8 Å². The smallest absolute Gasteiger partial charge is 0.274 e. The molecule has 1 N–H and O–H groups in total. The zero-order valence-corrected chi connectivity index (χ0v) is 15.3. The minimum atomic E-state index is -0.460. The normalized spacial score (nSPS) is 27.7. The van der Waals surface area contributed by atoms with Crippen LogP contribution in [-0.4, -0.2) is 57.5 Å². The maximum atomic E-state index is 13.1. The third-order valence-corrected chi connectivity index (χ3v) is 5.19. The second-order valence-electron chi connectivity index (χ2n) is 7.63. The lowest BCUT2D eigenvalue weighted by atomic mass is 9.82. The molecule has 2 saturated heterocycles. The van der Waals surface area contributed by atoms with Crippen LogP contribution in [0.1, 0.15) is 55.7 Å². The fraction of sp³-hybridized carbons (Fsp3) is 0.667. The molecule has 0 saturated carbocycles. The number of rotatable bonds is 3. The van der Waals surface area contributed by atoms with Crippen molar-refractivity contribution in [2.75, 3.05) is 13.6 Å². The highest BCUT2D eigenvalue weighted by Gasteiger charge is 2.58. The van der Waals surface area contributed by atoms with Crippen molar-refractivity contribution in [2.45, 2.75) is 63.7 Å². The van der Waals surface area contributed by atoms with E-state index < -0.39 is 5.54 Å². The van der Waals surface area contributed by atoms with Gasteiger partial charge in [-0.3, -0.25) is 14.6 Å². The Morgan fingerprint density at radius 2 is 2.16 bits per heavy atom. The Morgan fingerprint density at radius 3 is 2.84 bits per heavy atom. The van der Waals surface area contributed by atoms with E-state index in [1.807, 2.05) is 25.7 Å². The van der Waals surface area contributed by atoms with E-state index in [4.69, 9.17) is 4.74 Å². The summed E-state index contributed by atoms with van der Waals surface area (Å²) in [4.78, 5) is 35.4. The number of nitrogens with one attached hydrogen (secondary N) is 1. The number of likely N-dealkylation sites (tertiary alicyclic amines) is 1. The SMILES string of the molecule is CNC(=O)C[C@@H]1OC(C)(C)C[C@]12CCCN2C(=O)c1cncc(C)n1. The summed E-state index contributed by atoms with van der Waals surface area (Å²) < 4.78 is 6.21. The van der Waals surface area contributed by atoms with Gasteiger partial charge in [-0.1, -0.05) is 0 Å². The minimum Gasteiger partial charge on any atom is -0.369 e. The topological polar surface area (TPSA) is 84.4 Å². The number of nitrogens with zero attached hydrogens (tertiary/aromatic N) is 3. The Labute approximate surface area is 148 Å².